The van der Waals surface area contributed by atoms with Gasteiger partial charge in [-0.2, -0.15) is 0 Å². The van der Waals surface area contributed by atoms with E-state index in [-0.39, 0.29) is 6.54 Å². The molecule has 0 bridgehead atoms. The Hall–Kier alpha value is -2.28. The van der Waals surface area contributed by atoms with E-state index < -0.39 is 68.8 Å². The van der Waals surface area contributed by atoms with Gasteiger partial charge in [0.2, 0.25) is 0 Å². The van der Waals surface area contributed by atoms with Crippen LogP contribution < -0.4 is 0 Å². The molecule has 0 saturated heterocycles. The molecule has 0 aromatic rings. The van der Waals surface area contributed by atoms with E-state index in [0.717, 1.165) is 9.80 Å². The number of rotatable bonds is 13. The molecule has 0 spiro atoms. The van der Waals surface area contributed by atoms with E-state index in [4.69, 9.17) is 30.6 Å². The summed E-state index contributed by atoms with van der Waals surface area (Å²) < 4.78 is 0. The molecule has 0 aromatic carbocycles. The highest BCUT2D eigenvalue weighted by molar-refractivity contribution is 5.73. The van der Waals surface area contributed by atoms with Gasteiger partial charge in [0.15, 0.2) is 6.29 Å². The molecule has 6 N–H and O–H groups in total. The molecular weight excluding hydrogens is 332 g/mol. The van der Waals surface area contributed by atoms with Crippen LogP contribution in [-0.2, 0) is 19.2 Å². The number of aliphatic hydroxyl groups is 2. The summed E-state index contributed by atoms with van der Waals surface area (Å²) in [5.41, 5.74) is 0. The minimum Gasteiger partial charge on any atom is -0.480 e. The predicted molar refractivity (Wildman–Crippen MR) is 75.2 cm³/mol. The van der Waals surface area contributed by atoms with Crippen LogP contribution in [0.15, 0.2) is 0 Å². The number of hydrogen-bond donors (Lipinski definition) is 6. The van der Waals surface area contributed by atoms with Crippen molar-refractivity contribution >= 4 is 23.9 Å². The lowest BCUT2D eigenvalue weighted by Gasteiger charge is -2.33. The van der Waals surface area contributed by atoms with Gasteiger partial charge in [-0.1, -0.05) is 0 Å². The van der Waals surface area contributed by atoms with Gasteiger partial charge in [0, 0.05) is 19.0 Å². The fourth-order valence-electron chi connectivity index (χ4n) is 2.11. The maximum absolute atomic E-state index is 10.9. The maximum Gasteiger partial charge on any atom is 0.317 e. The molecule has 12 nitrogen and oxygen atoms in total. The second-order valence-corrected chi connectivity index (χ2v) is 5.02. The third-order valence-electron chi connectivity index (χ3n) is 2.86. The van der Waals surface area contributed by atoms with Crippen molar-refractivity contribution < 1.29 is 49.8 Å². The molecule has 0 amide bonds. The Kier molecular flexibility index (Phi) is 9.49. The minimum absolute atomic E-state index is 0.378. The third-order valence-corrected chi connectivity index (χ3v) is 2.86. The van der Waals surface area contributed by atoms with Crippen molar-refractivity contribution in [2.45, 2.75) is 18.8 Å². The Morgan fingerprint density at radius 2 is 1.08 bits per heavy atom. The molecule has 0 rings (SSSR count). The zero-order chi connectivity index (χ0) is 18.9. The molecule has 0 aromatic heterocycles. The number of carboxylic acids is 4. The lowest BCUT2D eigenvalue weighted by Crippen LogP contribution is -2.51. The van der Waals surface area contributed by atoms with Crippen LogP contribution >= 0.6 is 0 Å². The zero-order valence-electron chi connectivity index (χ0n) is 12.6. The van der Waals surface area contributed by atoms with Gasteiger partial charge in [0.25, 0.3) is 0 Å². The summed E-state index contributed by atoms with van der Waals surface area (Å²) in [5, 5.41) is 53.5. The van der Waals surface area contributed by atoms with Crippen LogP contribution in [0.2, 0.25) is 0 Å². The topological polar surface area (TPSA) is 196 Å². The lowest BCUT2D eigenvalue weighted by atomic mass is 10.1. The molecule has 0 aliphatic carbocycles. The molecule has 0 aliphatic heterocycles. The Morgan fingerprint density at radius 1 is 0.708 bits per heavy atom. The highest BCUT2D eigenvalue weighted by Gasteiger charge is 2.28. The zero-order valence-corrected chi connectivity index (χ0v) is 12.6. The van der Waals surface area contributed by atoms with Crippen LogP contribution in [0.25, 0.3) is 0 Å². The van der Waals surface area contributed by atoms with Crippen LogP contribution in [0.1, 0.15) is 6.42 Å². The molecule has 0 saturated carbocycles. The summed E-state index contributed by atoms with van der Waals surface area (Å²) in [5.74, 6) is -5.45. The van der Waals surface area contributed by atoms with Crippen LogP contribution in [0, 0.1) is 0 Å². The minimum atomic E-state index is -1.92. The van der Waals surface area contributed by atoms with Gasteiger partial charge >= 0.3 is 23.9 Å². The van der Waals surface area contributed by atoms with Crippen molar-refractivity contribution in [3.05, 3.63) is 0 Å². The highest BCUT2D eigenvalue weighted by Crippen LogP contribution is 2.10. The van der Waals surface area contributed by atoms with Crippen LogP contribution in [0.3, 0.4) is 0 Å². The second kappa shape index (κ2) is 10.5. The summed E-state index contributed by atoms with van der Waals surface area (Å²) >= 11 is 0. The van der Waals surface area contributed by atoms with Crippen molar-refractivity contribution in [2.24, 2.45) is 0 Å². The third kappa shape index (κ3) is 10.4. The molecule has 1 unspecified atom stereocenters. The van der Waals surface area contributed by atoms with Crippen LogP contribution in [0.5, 0.6) is 0 Å². The molecule has 1 atom stereocenters. The van der Waals surface area contributed by atoms with Crippen molar-refractivity contribution in [1.29, 1.82) is 0 Å². The second-order valence-electron chi connectivity index (χ2n) is 5.02. The number of hydrogen-bond acceptors (Lipinski definition) is 8. The standard InChI is InChI=1S/C12H20N2O10/c15-8(16)1-7(14(5-11(21)22)6-12(23)24)2-13(3-9(17)18)4-10(19)20/h7-8,15-16H,1-6H2,(H,17,18)(H,19,20)(H,21,22)(H,23,24). The van der Waals surface area contributed by atoms with E-state index >= 15 is 0 Å². The quantitative estimate of drug-likeness (QED) is 0.184. The highest BCUT2D eigenvalue weighted by atomic mass is 16.5. The number of nitrogens with zero attached hydrogens (tertiary/aromatic N) is 2. The number of aliphatic hydroxyl groups excluding tert-OH is 1. The number of carbonyl (C=O) groups is 4. The Labute approximate surface area is 136 Å². The first-order valence-electron chi connectivity index (χ1n) is 6.71. The Morgan fingerprint density at radius 3 is 1.38 bits per heavy atom. The van der Waals surface area contributed by atoms with Gasteiger partial charge in [-0.05, 0) is 0 Å². The average molecular weight is 352 g/mol. The molecule has 24 heavy (non-hydrogen) atoms. The van der Waals surface area contributed by atoms with Crippen molar-refractivity contribution in [1.82, 2.24) is 9.80 Å². The predicted octanol–water partition coefficient (Wildman–Crippen LogP) is -3.00. The van der Waals surface area contributed by atoms with Gasteiger partial charge in [-0.15, -0.1) is 0 Å². The van der Waals surface area contributed by atoms with Gasteiger partial charge in [0.1, 0.15) is 0 Å². The molecule has 138 valence electrons. The van der Waals surface area contributed by atoms with Gasteiger partial charge in [-0.3, -0.25) is 29.0 Å². The van der Waals surface area contributed by atoms with E-state index in [9.17, 15) is 19.2 Å². The molecule has 0 fully saturated rings. The number of aliphatic carboxylic acids is 4. The summed E-state index contributed by atoms with van der Waals surface area (Å²) in [6, 6.07) is -1.10. The fourth-order valence-corrected chi connectivity index (χ4v) is 2.11. The van der Waals surface area contributed by atoms with E-state index in [1.165, 1.54) is 0 Å². The SMILES string of the molecule is O=C(O)CN(CC(=O)O)CC(CC(O)O)N(CC(=O)O)CC(=O)O. The summed E-state index contributed by atoms with van der Waals surface area (Å²) in [6.07, 6.45) is -2.41. The van der Waals surface area contributed by atoms with Gasteiger partial charge < -0.3 is 30.6 Å². The van der Waals surface area contributed by atoms with E-state index in [1.807, 2.05) is 0 Å². The molecular formula is C12H20N2O10. The molecule has 0 heterocycles. The summed E-state index contributed by atoms with van der Waals surface area (Å²) in [4.78, 5) is 45.1. The molecule has 0 radical (unpaired) electrons. The maximum atomic E-state index is 10.9. The largest absolute Gasteiger partial charge is 0.480 e. The van der Waals surface area contributed by atoms with E-state index in [0.29, 0.717) is 0 Å². The van der Waals surface area contributed by atoms with Crippen LogP contribution in [0.4, 0.5) is 0 Å². The van der Waals surface area contributed by atoms with E-state index in [1.54, 1.807) is 0 Å². The lowest BCUT2D eigenvalue weighted by molar-refractivity contribution is -0.148. The van der Waals surface area contributed by atoms with Crippen molar-refractivity contribution in [3.8, 4) is 0 Å². The molecule has 0 aliphatic rings. The van der Waals surface area contributed by atoms with Crippen LogP contribution in [-0.4, -0.2) is 109 Å². The van der Waals surface area contributed by atoms with Crippen molar-refractivity contribution in [3.63, 3.8) is 0 Å². The first kappa shape index (κ1) is 21.7. The smallest absolute Gasteiger partial charge is 0.317 e. The first-order valence-corrected chi connectivity index (χ1v) is 6.71. The van der Waals surface area contributed by atoms with Gasteiger partial charge in [-0.25, -0.2) is 0 Å². The normalized spacial score (nSPS) is 12.5. The van der Waals surface area contributed by atoms with E-state index in [2.05, 4.69) is 0 Å². The monoisotopic (exact) mass is 352 g/mol. The fraction of sp³-hybridized carbons (Fsp3) is 0.667. The number of carboxylic acid groups (broad SMARTS) is 4. The summed E-state index contributed by atoms with van der Waals surface area (Å²) in [7, 11) is 0. The van der Waals surface area contributed by atoms with Gasteiger partial charge in [0.05, 0.1) is 26.2 Å². The Balaban J connectivity index is 5.33. The average Bonchev–Trinajstić information content (AvgIpc) is 2.33. The molecule has 12 heteroatoms. The summed E-state index contributed by atoms with van der Waals surface area (Å²) in [6.45, 7) is -3.28. The first-order chi connectivity index (χ1) is 11.0. The Bertz CT molecular complexity index is 435. The van der Waals surface area contributed by atoms with Crippen molar-refractivity contribution in [2.75, 3.05) is 32.7 Å².